The summed E-state index contributed by atoms with van der Waals surface area (Å²) in [6.45, 7) is 0.231. The first-order valence-electron chi connectivity index (χ1n) is 5.77. The van der Waals surface area contributed by atoms with Gasteiger partial charge in [-0.05, 0) is 25.8 Å². The van der Waals surface area contributed by atoms with Crippen LogP contribution in [0.4, 0.5) is 26.3 Å². The molecule has 19 heavy (non-hydrogen) atoms. The van der Waals surface area contributed by atoms with E-state index in [1.54, 1.807) is 5.32 Å². The molecule has 1 amide bonds. The van der Waals surface area contributed by atoms with Gasteiger partial charge in [-0.3, -0.25) is 4.79 Å². The number of hydrogen-bond acceptors (Lipinski definition) is 2. The first-order valence-corrected chi connectivity index (χ1v) is 5.77. The fourth-order valence-electron chi connectivity index (χ4n) is 1.48. The van der Waals surface area contributed by atoms with Crippen molar-refractivity contribution in [2.24, 2.45) is 5.92 Å². The summed E-state index contributed by atoms with van der Waals surface area (Å²) in [4.78, 5) is 11.0. The Kier molecular flexibility index (Phi) is 5.05. The minimum Gasteiger partial charge on any atom is -0.355 e. The van der Waals surface area contributed by atoms with Gasteiger partial charge in [0.15, 0.2) is 0 Å². The summed E-state index contributed by atoms with van der Waals surface area (Å²) in [5, 5.41) is 4.70. The number of hydrogen-bond donors (Lipinski definition) is 2. The highest BCUT2D eigenvalue weighted by atomic mass is 19.4. The molecule has 0 aromatic carbocycles. The summed E-state index contributed by atoms with van der Waals surface area (Å²) in [7, 11) is 0. The van der Waals surface area contributed by atoms with Crippen LogP contribution < -0.4 is 10.6 Å². The minimum absolute atomic E-state index is 0.221. The van der Waals surface area contributed by atoms with E-state index in [-0.39, 0.29) is 13.0 Å². The molecular weight excluding hydrogens is 278 g/mol. The maximum absolute atomic E-state index is 12.2. The number of alkyl halides is 6. The number of carbonyl (C=O) groups excluding carboxylic acids is 1. The van der Waals surface area contributed by atoms with E-state index < -0.39 is 24.2 Å². The van der Waals surface area contributed by atoms with Crippen molar-refractivity contribution in [1.82, 2.24) is 10.6 Å². The van der Waals surface area contributed by atoms with E-state index in [2.05, 4.69) is 5.32 Å². The minimum atomic E-state index is -5.63. The summed E-state index contributed by atoms with van der Waals surface area (Å²) in [5.74, 6) is -6.01. The second kappa shape index (κ2) is 5.98. The number of halogens is 6. The predicted octanol–water partition coefficient (Wildman–Crippen LogP) is 1.99. The highest BCUT2D eigenvalue weighted by molar-refractivity contribution is 5.80. The van der Waals surface area contributed by atoms with E-state index in [9.17, 15) is 31.1 Å². The lowest BCUT2D eigenvalue weighted by molar-refractivity contribution is -0.274. The Bertz CT molecular complexity index is 296. The molecule has 1 saturated carbocycles. The van der Waals surface area contributed by atoms with Crippen LogP contribution in [0.3, 0.4) is 0 Å². The zero-order valence-electron chi connectivity index (χ0n) is 9.87. The van der Waals surface area contributed by atoms with Crippen molar-refractivity contribution >= 4 is 5.91 Å². The first kappa shape index (κ1) is 16.1. The van der Waals surface area contributed by atoms with E-state index in [0.717, 1.165) is 12.8 Å². The maximum Gasteiger partial charge on any atom is 0.409 e. The smallest absolute Gasteiger partial charge is 0.355 e. The molecule has 1 aliphatic carbocycles. The largest absolute Gasteiger partial charge is 0.409 e. The molecule has 0 aliphatic heterocycles. The van der Waals surface area contributed by atoms with Gasteiger partial charge in [0.2, 0.25) is 11.8 Å². The lowest BCUT2D eigenvalue weighted by Crippen LogP contribution is -2.48. The monoisotopic (exact) mass is 292 g/mol. The van der Waals surface area contributed by atoms with Gasteiger partial charge in [-0.2, -0.15) is 26.3 Å². The Balaban J connectivity index is 2.34. The molecule has 112 valence electrons. The molecule has 0 unspecified atom stereocenters. The molecule has 0 spiro atoms. The van der Waals surface area contributed by atoms with Gasteiger partial charge >= 0.3 is 12.4 Å². The summed E-state index contributed by atoms with van der Waals surface area (Å²) < 4.78 is 73.0. The predicted molar refractivity (Wildman–Crippen MR) is 54.3 cm³/mol. The molecule has 3 nitrogen and oxygen atoms in total. The molecule has 9 heteroatoms. The van der Waals surface area contributed by atoms with Crippen LogP contribution in [0.5, 0.6) is 0 Å². The molecule has 0 bridgehead atoms. The second-order valence-corrected chi connectivity index (χ2v) is 4.39. The molecule has 0 aromatic heterocycles. The van der Waals surface area contributed by atoms with Crippen LogP contribution in [-0.4, -0.2) is 37.4 Å². The van der Waals surface area contributed by atoms with Crippen molar-refractivity contribution in [2.45, 2.75) is 37.7 Å². The number of amides is 1. The quantitative estimate of drug-likeness (QED) is 0.580. The van der Waals surface area contributed by atoms with Gasteiger partial charge in [0, 0.05) is 12.6 Å². The van der Waals surface area contributed by atoms with E-state index >= 15 is 0 Å². The zero-order valence-corrected chi connectivity index (χ0v) is 9.87. The molecule has 1 aliphatic rings. The van der Waals surface area contributed by atoms with Gasteiger partial charge in [-0.1, -0.05) is 0 Å². The van der Waals surface area contributed by atoms with Crippen LogP contribution in [0.15, 0.2) is 0 Å². The Morgan fingerprint density at radius 1 is 1.05 bits per heavy atom. The van der Waals surface area contributed by atoms with Crippen LogP contribution in [0, 0.1) is 5.92 Å². The lowest BCUT2D eigenvalue weighted by Gasteiger charge is -2.22. The van der Waals surface area contributed by atoms with Gasteiger partial charge in [0.1, 0.15) is 0 Å². The Labute approximate surface area is 105 Å². The van der Waals surface area contributed by atoms with E-state index in [1.165, 1.54) is 0 Å². The fourth-order valence-corrected chi connectivity index (χ4v) is 1.48. The zero-order chi connectivity index (χ0) is 14.7. The molecule has 1 fully saturated rings. The van der Waals surface area contributed by atoms with Gasteiger partial charge < -0.3 is 10.6 Å². The van der Waals surface area contributed by atoms with Crippen LogP contribution in [0.2, 0.25) is 0 Å². The van der Waals surface area contributed by atoms with Crippen molar-refractivity contribution in [3.63, 3.8) is 0 Å². The Morgan fingerprint density at radius 2 is 1.58 bits per heavy atom. The van der Waals surface area contributed by atoms with Crippen molar-refractivity contribution in [3.8, 4) is 0 Å². The Morgan fingerprint density at radius 3 is 2.00 bits per heavy atom. The second-order valence-electron chi connectivity index (χ2n) is 4.39. The molecular formula is C10H14F6N2O. The summed E-state index contributed by atoms with van der Waals surface area (Å²) in [6.07, 6.45) is -8.93. The van der Waals surface area contributed by atoms with E-state index in [1.807, 2.05) is 0 Å². The Hall–Kier alpha value is -0.990. The molecule has 0 heterocycles. The van der Waals surface area contributed by atoms with Crippen molar-refractivity contribution < 1.29 is 31.1 Å². The van der Waals surface area contributed by atoms with Crippen molar-refractivity contribution in [1.29, 1.82) is 0 Å². The topological polar surface area (TPSA) is 41.1 Å². The van der Waals surface area contributed by atoms with Gasteiger partial charge in [-0.25, -0.2) is 0 Å². The van der Waals surface area contributed by atoms with Crippen molar-refractivity contribution in [2.75, 3.05) is 13.1 Å². The van der Waals surface area contributed by atoms with Crippen molar-refractivity contribution in [3.05, 3.63) is 0 Å². The van der Waals surface area contributed by atoms with Gasteiger partial charge in [0.25, 0.3) is 0 Å². The molecule has 1 rings (SSSR count). The fraction of sp³-hybridized carbons (Fsp3) is 0.900. The lowest BCUT2D eigenvalue weighted by atomic mass is 10.1. The first-order chi connectivity index (χ1) is 8.62. The van der Waals surface area contributed by atoms with Crippen LogP contribution in [-0.2, 0) is 4.79 Å². The molecule has 0 atom stereocenters. The summed E-state index contributed by atoms with van der Waals surface area (Å²) in [6, 6.07) is 0.397. The molecule has 0 aromatic rings. The third-order valence-corrected chi connectivity index (χ3v) is 2.58. The highest BCUT2D eigenvalue weighted by Gasteiger charge is 2.60. The molecule has 2 N–H and O–H groups in total. The van der Waals surface area contributed by atoms with Crippen LogP contribution >= 0.6 is 0 Å². The average Bonchev–Trinajstić information content (AvgIpc) is 2.95. The number of nitrogens with one attached hydrogen (secondary N) is 2. The summed E-state index contributed by atoms with van der Waals surface area (Å²) in [5.41, 5.74) is 0. The SMILES string of the molecule is O=C(NCCCNC1CC1)C(C(F)(F)F)C(F)(F)F. The van der Waals surface area contributed by atoms with E-state index in [4.69, 9.17) is 0 Å². The highest BCUT2D eigenvalue weighted by Crippen LogP contribution is 2.39. The average molecular weight is 292 g/mol. The molecule has 0 radical (unpaired) electrons. The maximum atomic E-state index is 12.2. The van der Waals surface area contributed by atoms with Crippen LogP contribution in [0.1, 0.15) is 19.3 Å². The normalized spacial score (nSPS) is 16.8. The van der Waals surface area contributed by atoms with Gasteiger partial charge in [-0.15, -0.1) is 0 Å². The number of carbonyl (C=O) groups is 1. The number of rotatable bonds is 6. The van der Waals surface area contributed by atoms with Crippen LogP contribution in [0.25, 0.3) is 0 Å². The third kappa shape index (κ3) is 5.66. The van der Waals surface area contributed by atoms with Gasteiger partial charge in [0.05, 0.1) is 0 Å². The summed E-state index contributed by atoms with van der Waals surface area (Å²) >= 11 is 0. The molecule has 0 saturated heterocycles. The third-order valence-electron chi connectivity index (χ3n) is 2.58. The van der Waals surface area contributed by atoms with E-state index in [0.29, 0.717) is 12.6 Å². The standard InChI is InChI=1S/C10H14F6N2O/c11-9(12,13)7(10(14,15)16)8(19)18-5-1-4-17-6-2-3-6/h6-7,17H,1-5H2,(H,18,19).